The van der Waals surface area contributed by atoms with E-state index in [0.717, 1.165) is 36.4 Å². The number of aromatic amines is 1. The van der Waals surface area contributed by atoms with Gasteiger partial charge in [-0.1, -0.05) is 6.92 Å². The average molecular weight is 389 g/mol. The van der Waals surface area contributed by atoms with Gasteiger partial charge >= 0.3 is 0 Å². The van der Waals surface area contributed by atoms with Gasteiger partial charge in [-0.2, -0.15) is 0 Å². The van der Waals surface area contributed by atoms with Crippen molar-refractivity contribution < 1.29 is 8.42 Å². The molecule has 1 saturated heterocycles. The molecule has 144 valence electrons. The molecule has 2 unspecified atom stereocenters. The normalized spacial score (nSPS) is 24.6. The third-order valence-corrected chi connectivity index (χ3v) is 8.33. The topological polar surface area (TPSA) is 99.5 Å². The van der Waals surface area contributed by atoms with Crippen LogP contribution < -0.4 is 0 Å². The summed E-state index contributed by atoms with van der Waals surface area (Å²) in [6.45, 7) is 3.64. The number of nitrogens with zero attached hydrogens (tertiary/aromatic N) is 6. The van der Waals surface area contributed by atoms with Gasteiger partial charge in [-0.05, 0) is 31.9 Å². The third-order valence-electron chi connectivity index (χ3n) is 5.91. The predicted molar refractivity (Wildman–Crippen MR) is 101 cm³/mol. The van der Waals surface area contributed by atoms with Crippen LogP contribution in [0, 0.1) is 0 Å². The second-order valence-electron chi connectivity index (χ2n) is 7.47. The zero-order chi connectivity index (χ0) is 18.8. The van der Waals surface area contributed by atoms with Gasteiger partial charge in [-0.15, -0.1) is 10.2 Å². The lowest BCUT2D eigenvalue weighted by atomic mass is 10.1. The summed E-state index contributed by atoms with van der Waals surface area (Å²) in [6.07, 6.45) is 5.85. The minimum absolute atomic E-state index is 0.0207. The summed E-state index contributed by atoms with van der Waals surface area (Å²) in [4.78, 5) is 9.78. The molecule has 0 amide bonds. The Morgan fingerprint density at radius 3 is 2.89 bits per heavy atom. The predicted octanol–water partition coefficient (Wildman–Crippen LogP) is 1.16. The van der Waals surface area contributed by atoms with Crippen LogP contribution in [0.4, 0.5) is 0 Å². The maximum atomic E-state index is 12.7. The van der Waals surface area contributed by atoms with Crippen molar-refractivity contribution in [1.29, 1.82) is 0 Å². The van der Waals surface area contributed by atoms with E-state index in [-0.39, 0.29) is 17.3 Å². The van der Waals surface area contributed by atoms with Gasteiger partial charge in [0.1, 0.15) is 0 Å². The maximum Gasteiger partial charge on any atom is 0.217 e. The first-order valence-corrected chi connectivity index (χ1v) is 10.9. The molecule has 1 saturated carbocycles. The summed E-state index contributed by atoms with van der Waals surface area (Å²) in [6, 6.07) is 1.94. The molecule has 3 aromatic rings. The Hall–Kier alpha value is -2.04. The van der Waals surface area contributed by atoms with Crippen molar-refractivity contribution in [3.63, 3.8) is 0 Å². The van der Waals surface area contributed by atoms with Crippen molar-refractivity contribution in [2.24, 2.45) is 0 Å². The van der Waals surface area contributed by atoms with Crippen LogP contribution >= 0.6 is 0 Å². The number of hydrogen-bond donors (Lipinski definition) is 1. The molecular formula is C17H23N7O2S. The highest BCUT2D eigenvalue weighted by atomic mass is 32.2. The van der Waals surface area contributed by atoms with Gasteiger partial charge in [0, 0.05) is 25.8 Å². The summed E-state index contributed by atoms with van der Waals surface area (Å²) in [5.74, 6) is 0.846. The van der Waals surface area contributed by atoms with Crippen molar-refractivity contribution in [3.05, 3.63) is 24.3 Å². The van der Waals surface area contributed by atoms with Crippen LogP contribution in [-0.2, 0) is 10.0 Å². The van der Waals surface area contributed by atoms with E-state index in [4.69, 9.17) is 0 Å². The van der Waals surface area contributed by atoms with Crippen LogP contribution in [0.3, 0.4) is 0 Å². The van der Waals surface area contributed by atoms with Gasteiger partial charge in [0.15, 0.2) is 17.1 Å². The Balaban J connectivity index is 1.53. The van der Waals surface area contributed by atoms with E-state index in [9.17, 15) is 8.42 Å². The fraction of sp³-hybridized carbons (Fsp3) is 0.588. The maximum absolute atomic E-state index is 12.7. The molecule has 1 aliphatic heterocycles. The van der Waals surface area contributed by atoms with Crippen LogP contribution in [0.2, 0.25) is 0 Å². The molecule has 1 N–H and O–H groups in total. The Morgan fingerprint density at radius 2 is 2.15 bits per heavy atom. The van der Waals surface area contributed by atoms with Crippen molar-refractivity contribution in [2.75, 3.05) is 20.1 Å². The fourth-order valence-corrected chi connectivity index (χ4v) is 5.95. The lowest BCUT2D eigenvalue weighted by molar-refractivity contribution is 0.255. The van der Waals surface area contributed by atoms with E-state index in [1.165, 1.54) is 0 Å². The zero-order valence-corrected chi connectivity index (χ0v) is 16.2. The quantitative estimate of drug-likeness (QED) is 0.703. The molecule has 0 bridgehead atoms. The number of likely N-dealkylation sites (tertiary alicyclic amines) is 1. The number of aromatic nitrogens is 5. The second kappa shape index (κ2) is 5.98. The lowest BCUT2D eigenvalue weighted by Crippen LogP contribution is -2.40. The number of hydrogen-bond acceptors (Lipinski definition) is 6. The van der Waals surface area contributed by atoms with Crippen molar-refractivity contribution in [3.8, 4) is 0 Å². The smallest absolute Gasteiger partial charge is 0.217 e. The number of nitrogens with one attached hydrogen (secondary N) is 1. The first-order chi connectivity index (χ1) is 13.0. The minimum Gasteiger partial charge on any atom is -0.345 e. The number of likely N-dealkylation sites (N-methyl/N-ethyl adjacent to an activating group) is 2. The molecule has 3 aromatic heterocycles. The summed E-state index contributed by atoms with van der Waals surface area (Å²) >= 11 is 0. The summed E-state index contributed by atoms with van der Waals surface area (Å²) in [7, 11) is -1.47. The van der Waals surface area contributed by atoms with Crippen molar-refractivity contribution in [2.45, 2.75) is 43.5 Å². The summed E-state index contributed by atoms with van der Waals surface area (Å²) in [5.41, 5.74) is 2.43. The first-order valence-electron chi connectivity index (χ1n) is 9.38. The molecule has 4 heterocycles. The Labute approximate surface area is 157 Å². The van der Waals surface area contributed by atoms with Gasteiger partial charge in [0.25, 0.3) is 0 Å². The van der Waals surface area contributed by atoms with Gasteiger partial charge in [0.2, 0.25) is 10.0 Å². The Bertz CT molecular complexity index is 1100. The molecule has 2 fully saturated rings. The molecule has 5 rings (SSSR count). The van der Waals surface area contributed by atoms with Crippen molar-refractivity contribution in [1.82, 2.24) is 33.8 Å². The van der Waals surface area contributed by atoms with Crippen LogP contribution in [0.25, 0.3) is 16.8 Å². The molecule has 0 radical (unpaired) electrons. The molecule has 27 heavy (non-hydrogen) atoms. The lowest BCUT2D eigenvalue weighted by Gasteiger charge is -2.23. The monoisotopic (exact) mass is 389 g/mol. The minimum atomic E-state index is -3.19. The van der Waals surface area contributed by atoms with E-state index in [1.807, 2.05) is 16.7 Å². The van der Waals surface area contributed by atoms with Crippen LogP contribution in [0.1, 0.15) is 38.1 Å². The molecule has 0 aromatic carbocycles. The number of fused-ring (bicyclic) bond motifs is 3. The highest BCUT2D eigenvalue weighted by Gasteiger charge is 2.45. The molecular weight excluding hydrogens is 366 g/mol. The molecule has 10 heteroatoms. The SMILES string of the molecule is CCN1CC(N(C)S(=O)(=O)C2CC2)CC1c1nnc2cnc3[nH]ccc3n12. The van der Waals surface area contributed by atoms with E-state index in [2.05, 4.69) is 32.0 Å². The van der Waals surface area contributed by atoms with Gasteiger partial charge in [0.05, 0.1) is 23.0 Å². The molecule has 0 spiro atoms. The fourth-order valence-electron chi connectivity index (χ4n) is 4.18. The molecule has 2 atom stereocenters. The van der Waals surface area contributed by atoms with E-state index < -0.39 is 10.0 Å². The first kappa shape index (κ1) is 17.1. The van der Waals surface area contributed by atoms with Gasteiger partial charge in [-0.25, -0.2) is 17.7 Å². The van der Waals surface area contributed by atoms with Crippen LogP contribution in [0.15, 0.2) is 18.5 Å². The van der Waals surface area contributed by atoms with E-state index >= 15 is 0 Å². The second-order valence-corrected chi connectivity index (χ2v) is 9.75. The highest BCUT2D eigenvalue weighted by Crippen LogP contribution is 2.37. The van der Waals surface area contributed by atoms with Crippen molar-refractivity contribution >= 4 is 26.8 Å². The Morgan fingerprint density at radius 1 is 1.33 bits per heavy atom. The number of rotatable bonds is 5. The molecule has 2 aliphatic rings. The van der Waals surface area contributed by atoms with Gasteiger partial charge in [-0.3, -0.25) is 9.30 Å². The summed E-state index contributed by atoms with van der Waals surface area (Å²) < 4.78 is 29.0. The Kier molecular flexibility index (Phi) is 3.78. The van der Waals surface area contributed by atoms with E-state index in [0.29, 0.717) is 18.6 Å². The summed E-state index contributed by atoms with van der Waals surface area (Å²) in [5, 5.41) is 8.57. The number of sulfonamides is 1. The standard InChI is InChI=1S/C17H23N7O2S/c1-3-23-10-11(22(2)27(25,26)12-4-5-12)8-14(23)17-21-20-15-9-19-16-13(24(15)17)6-7-18-16/h6-7,9,11-12,14,18H,3-5,8,10H2,1-2H3. The van der Waals surface area contributed by atoms with Crippen LogP contribution in [0.5, 0.6) is 0 Å². The van der Waals surface area contributed by atoms with Crippen LogP contribution in [-0.4, -0.2) is 73.6 Å². The highest BCUT2D eigenvalue weighted by molar-refractivity contribution is 7.90. The van der Waals surface area contributed by atoms with Gasteiger partial charge < -0.3 is 4.98 Å². The third kappa shape index (κ3) is 2.58. The largest absolute Gasteiger partial charge is 0.345 e. The van der Waals surface area contributed by atoms with E-state index in [1.54, 1.807) is 17.5 Å². The molecule has 1 aliphatic carbocycles. The average Bonchev–Trinajstić information content (AvgIpc) is 3.10. The number of H-pyrrole nitrogens is 1. The molecule has 9 nitrogen and oxygen atoms in total. The zero-order valence-electron chi connectivity index (χ0n) is 15.4.